The molecule has 17 heavy (non-hydrogen) atoms. The Balaban J connectivity index is 2.07. The molecular weight excluding hydrogens is 214 g/mol. The zero-order valence-corrected chi connectivity index (χ0v) is 10.1. The molecule has 0 bridgehead atoms. The van der Waals surface area contributed by atoms with Crippen LogP contribution in [0.5, 0.6) is 0 Å². The highest BCUT2D eigenvalue weighted by molar-refractivity contribution is 5.93. The first-order valence-corrected chi connectivity index (χ1v) is 6.22. The highest BCUT2D eigenvalue weighted by atomic mass is 16.3. The Morgan fingerprint density at radius 3 is 2.82 bits per heavy atom. The lowest BCUT2D eigenvalue weighted by molar-refractivity contribution is -0.120. The van der Waals surface area contributed by atoms with Gasteiger partial charge in [-0.1, -0.05) is 31.5 Å². The van der Waals surface area contributed by atoms with Crippen LogP contribution < -0.4 is 5.32 Å². The normalized spacial score (nSPS) is 23.6. The van der Waals surface area contributed by atoms with Gasteiger partial charge in [-0.2, -0.15) is 0 Å². The molecule has 2 unspecified atom stereocenters. The average Bonchev–Trinajstić information content (AvgIpc) is 2.76. The third-order valence-corrected chi connectivity index (χ3v) is 3.64. The van der Waals surface area contributed by atoms with Gasteiger partial charge in [-0.05, 0) is 24.8 Å². The molecule has 1 saturated carbocycles. The molecule has 0 heterocycles. The summed E-state index contributed by atoms with van der Waals surface area (Å²) in [4.78, 5) is 12.1. The lowest BCUT2D eigenvalue weighted by Gasteiger charge is -2.16. The molecule has 3 nitrogen and oxygen atoms in total. The molecule has 92 valence electrons. The minimum absolute atomic E-state index is 0.0450. The first-order valence-electron chi connectivity index (χ1n) is 6.22. The van der Waals surface area contributed by atoms with Crippen LogP contribution in [0.25, 0.3) is 0 Å². The largest absolute Gasteiger partial charge is 0.392 e. The summed E-state index contributed by atoms with van der Waals surface area (Å²) in [6.07, 6.45) is 3.26. The molecule has 2 rings (SSSR count). The second-order valence-corrected chi connectivity index (χ2v) is 4.82. The number of aliphatic hydroxyl groups excluding tert-OH is 1. The number of benzene rings is 1. The highest BCUT2D eigenvalue weighted by Crippen LogP contribution is 2.32. The Kier molecular flexibility index (Phi) is 3.79. The first-order chi connectivity index (χ1) is 8.22. The molecule has 1 aromatic rings. The maximum atomic E-state index is 12.1. The zero-order chi connectivity index (χ0) is 12.3. The Hall–Kier alpha value is -1.35. The van der Waals surface area contributed by atoms with Crippen molar-refractivity contribution in [1.82, 2.24) is 0 Å². The number of hydrogen-bond acceptors (Lipinski definition) is 2. The highest BCUT2D eigenvalue weighted by Gasteiger charge is 2.29. The average molecular weight is 233 g/mol. The van der Waals surface area contributed by atoms with Crippen molar-refractivity contribution in [3.05, 3.63) is 29.8 Å². The molecule has 1 aromatic carbocycles. The van der Waals surface area contributed by atoms with E-state index in [0.717, 1.165) is 30.5 Å². The standard InChI is InChI=1S/C14H19NO2/c1-10-5-4-7-12(10)14(17)15-13-8-3-2-6-11(13)9-16/h2-3,6,8,10,12,16H,4-5,7,9H2,1H3,(H,15,17). The maximum absolute atomic E-state index is 12.1. The number of aliphatic hydroxyl groups is 1. The molecule has 1 amide bonds. The molecule has 0 saturated heterocycles. The predicted molar refractivity (Wildman–Crippen MR) is 67.5 cm³/mol. The Labute approximate surface area is 102 Å². The van der Waals surface area contributed by atoms with E-state index < -0.39 is 0 Å². The number of anilines is 1. The molecule has 2 atom stereocenters. The minimum atomic E-state index is -0.0450. The van der Waals surface area contributed by atoms with Crippen LogP contribution in [0, 0.1) is 11.8 Å². The van der Waals surface area contributed by atoms with Gasteiger partial charge in [-0.25, -0.2) is 0 Å². The Bertz CT molecular complexity index is 403. The Morgan fingerprint density at radius 2 is 2.18 bits per heavy atom. The van der Waals surface area contributed by atoms with E-state index in [1.54, 1.807) is 0 Å². The molecule has 0 aliphatic heterocycles. The van der Waals surface area contributed by atoms with Crippen LogP contribution in [0.3, 0.4) is 0 Å². The number of carbonyl (C=O) groups is 1. The number of amides is 1. The summed E-state index contributed by atoms with van der Waals surface area (Å²) < 4.78 is 0. The molecule has 0 radical (unpaired) electrons. The molecule has 2 N–H and O–H groups in total. The van der Waals surface area contributed by atoms with E-state index in [-0.39, 0.29) is 18.4 Å². The predicted octanol–water partition coefficient (Wildman–Crippen LogP) is 2.55. The number of rotatable bonds is 3. The van der Waals surface area contributed by atoms with Crippen molar-refractivity contribution in [3.8, 4) is 0 Å². The lowest BCUT2D eigenvalue weighted by Crippen LogP contribution is -2.25. The van der Waals surface area contributed by atoms with Crippen molar-refractivity contribution in [2.75, 3.05) is 5.32 Å². The fraction of sp³-hybridized carbons (Fsp3) is 0.500. The minimum Gasteiger partial charge on any atom is -0.392 e. The first kappa shape index (κ1) is 12.1. The molecule has 1 fully saturated rings. The van der Waals surface area contributed by atoms with Gasteiger partial charge in [0.1, 0.15) is 0 Å². The SMILES string of the molecule is CC1CCCC1C(=O)Nc1ccccc1CO. The number of nitrogens with one attached hydrogen (secondary N) is 1. The van der Waals surface area contributed by atoms with Gasteiger partial charge in [0.05, 0.1) is 6.61 Å². The van der Waals surface area contributed by atoms with Crippen molar-refractivity contribution in [2.45, 2.75) is 32.8 Å². The Morgan fingerprint density at radius 1 is 1.41 bits per heavy atom. The van der Waals surface area contributed by atoms with E-state index in [1.807, 2.05) is 24.3 Å². The second-order valence-electron chi connectivity index (χ2n) is 4.82. The summed E-state index contributed by atoms with van der Waals surface area (Å²) in [5, 5.41) is 12.1. The van der Waals surface area contributed by atoms with Crippen molar-refractivity contribution >= 4 is 11.6 Å². The summed E-state index contributed by atoms with van der Waals surface area (Å²) in [6.45, 7) is 2.09. The van der Waals surface area contributed by atoms with Crippen molar-refractivity contribution < 1.29 is 9.90 Å². The molecular formula is C14H19NO2. The van der Waals surface area contributed by atoms with Crippen LogP contribution in [0.2, 0.25) is 0 Å². The molecule has 1 aliphatic rings. The summed E-state index contributed by atoms with van der Waals surface area (Å²) in [5.74, 6) is 0.689. The van der Waals surface area contributed by atoms with Crippen molar-refractivity contribution in [3.63, 3.8) is 0 Å². The van der Waals surface area contributed by atoms with E-state index >= 15 is 0 Å². The molecule has 0 aromatic heterocycles. The van der Waals surface area contributed by atoms with E-state index in [0.29, 0.717) is 5.92 Å². The van der Waals surface area contributed by atoms with Gasteiger partial charge in [0.15, 0.2) is 0 Å². The van der Waals surface area contributed by atoms with Crippen LogP contribution in [-0.4, -0.2) is 11.0 Å². The lowest BCUT2D eigenvalue weighted by atomic mass is 9.97. The zero-order valence-electron chi connectivity index (χ0n) is 10.1. The van der Waals surface area contributed by atoms with Gasteiger partial charge < -0.3 is 10.4 Å². The van der Waals surface area contributed by atoms with E-state index in [9.17, 15) is 9.90 Å². The van der Waals surface area contributed by atoms with Gasteiger partial charge in [0, 0.05) is 17.2 Å². The monoisotopic (exact) mass is 233 g/mol. The topological polar surface area (TPSA) is 49.3 Å². The smallest absolute Gasteiger partial charge is 0.227 e. The summed E-state index contributed by atoms with van der Waals surface area (Å²) in [7, 11) is 0. The van der Waals surface area contributed by atoms with Crippen LogP contribution in [-0.2, 0) is 11.4 Å². The quantitative estimate of drug-likeness (QED) is 0.843. The van der Waals surface area contributed by atoms with E-state index in [1.165, 1.54) is 0 Å². The number of carbonyl (C=O) groups excluding carboxylic acids is 1. The summed E-state index contributed by atoms with van der Waals surface area (Å²) in [6, 6.07) is 7.39. The molecule has 3 heteroatoms. The van der Waals surface area contributed by atoms with Gasteiger partial charge in [0.2, 0.25) is 5.91 Å². The molecule has 0 spiro atoms. The third kappa shape index (κ3) is 2.67. The third-order valence-electron chi connectivity index (χ3n) is 3.64. The number of para-hydroxylation sites is 1. The fourth-order valence-electron chi connectivity index (χ4n) is 2.54. The maximum Gasteiger partial charge on any atom is 0.227 e. The van der Waals surface area contributed by atoms with Crippen molar-refractivity contribution in [1.29, 1.82) is 0 Å². The summed E-state index contributed by atoms with van der Waals surface area (Å²) >= 11 is 0. The van der Waals surface area contributed by atoms with Crippen LogP contribution in [0.4, 0.5) is 5.69 Å². The van der Waals surface area contributed by atoms with E-state index in [2.05, 4.69) is 12.2 Å². The van der Waals surface area contributed by atoms with Gasteiger partial charge in [-0.3, -0.25) is 4.79 Å². The van der Waals surface area contributed by atoms with Gasteiger partial charge in [0.25, 0.3) is 0 Å². The molecule has 1 aliphatic carbocycles. The van der Waals surface area contributed by atoms with Gasteiger partial charge >= 0.3 is 0 Å². The van der Waals surface area contributed by atoms with Crippen LogP contribution >= 0.6 is 0 Å². The van der Waals surface area contributed by atoms with Crippen LogP contribution in [0.1, 0.15) is 31.7 Å². The summed E-state index contributed by atoms with van der Waals surface area (Å²) in [5.41, 5.74) is 1.51. The second kappa shape index (κ2) is 5.32. The van der Waals surface area contributed by atoms with Crippen LogP contribution in [0.15, 0.2) is 24.3 Å². The van der Waals surface area contributed by atoms with E-state index in [4.69, 9.17) is 0 Å². The van der Waals surface area contributed by atoms with Crippen molar-refractivity contribution in [2.24, 2.45) is 11.8 Å². The number of hydrogen-bond donors (Lipinski definition) is 2. The van der Waals surface area contributed by atoms with Gasteiger partial charge in [-0.15, -0.1) is 0 Å². The fourth-order valence-corrected chi connectivity index (χ4v) is 2.54.